The summed E-state index contributed by atoms with van der Waals surface area (Å²) in [5, 5.41) is 3.05. The van der Waals surface area contributed by atoms with E-state index in [9.17, 15) is 0 Å². The molecule has 118 valence electrons. The number of halogens is 1. The monoisotopic (exact) mass is 359 g/mol. The van der Waals surface area contributed by atoms with Crippen molar-refractivity contribution in [2.24, 2.45) is 10.7 Å². The van der Waals surface area contributed by atoms with Crippen LogP contribution in [0.4, 0.5) is 0 Å². The van der Waals surface area contributed by atoms with E-state index >= 15 is 0 Å². The van der Waals surface area contributed by atoms with Crippen molar-refractivity contribution in [2.75, 3.05) is 27.9 Å². The number of nitrogens with one attached hydrogen (secondary N) is 1. The Hall–Kier alpha value is -1.47. The molecule has 1 rings (SSSR count). The van der Waals surface area contributed by atoms with Gasteiger partial charge in [0.05, 0.1) is 31.8 Å². The summed E-state index contributed by atoms with van der Waals surface area (Å²) in [6.07, 6.45) is 0. The largest absolute Gasteiger partial charge is 0.493 e. The van der Waals surface area contributed by atoms with E-state index in [4.69, 9.17) is 19.9 Å². The summed E-state index contributed by atoms with van der Waals surface area (Å²) in [5.41, 5.74) is 6.79. The molecule has 0 saturated heterocycles. The second kappa shape index (κ2) is 8.74. The van der Waals surface area contributed by atoms with Crippen LogP contribution in [0.25, 0.3) is 0 Å². The Morgan fingerprint density at radius 1 is 1.33 bits per heavy atom. The molecule has 0 spiro atoms. The highest BCUT2D eigenvalue weighted by molar-refractivity contribution is 9.10. The number of hydrogen-bond acceptors (Lipinski definition) is 4. The first-order chi connectivity index (χ1) is 10.0. The maximum Gasteiger partial charge on any atom is 0.189 e. The second-order valence-corrected chi connectivity index (χ2v) is 5.37. The van der Waals surface area contributed by atoms with Gasteiger partial charge in [0.2, 0.25) is 0 Å². The van der Waals surface area contributed by atoms with Crippen LogP contribution in [0.15, 0.2) is 21.6 Å². The van der Waals surface area contributed by atoms with Crippen molar-refractivity contribution in [1.82, 2.24) is 5.32 Å². The molecule has 0 aliphatic carbocycles. The van der Waals surface area contributed by atoms with Gasteiger partial charge in [0.15, 0.2) is 17.5 Å². The fourth-order valence-electron chi connectivity index (χ4n) is 1.83. The minimum atomic E-state index is 0.107. The highest BCUT2D eigenvalue weighted by atomic mass is 79.9. The van der Waals surface area contributed by atoms with Crippen LogP contribution in [0.1, 0.15) is 12.5 Å². The van der Waals surface area contributed by atoms with Crippen LogP contribution in [0.3, 0.4) is 0 Å². The van der Waals surface area contributed by atoms with E-state index < -0.39 is 0 Å². The van der Waals surface area contributed by atoms with E-state index in [1.165, 1.54) is 0 Å². The lowest BCUT2D eigenvalue weighted by molar-refractivity contribution is 0.179. The molecule has 1 aromatic carbocycles. The molecule has 7 heteroatoms. The quantitative estimate of drug-likeness (QED) is 0.574. The molecule has 1 atom stereocenters. The van der Waals surface area contributed by atoms with E-state index in [0.29, 0.717) is 30.6 Å². The molecular formula is C14H22BrN3O3. The van der Waals surface area contributed by atoms with Gasteiger partial charge in [0, 0.05) is 13.2 Å². The van der Waals surface area contributed by atoms with Crippen LogP contribution < -0.4 is 20.5 Å². The minimum absolute atomic E-state index is 0.107. The topological polar surface area (TPSA) is 78.1 Å². The van der Waals surface area contributed by atoms with E-state index in [-0.39, 0.29) is 6.04 Å². The zero-order valence-electron chi connectivity index (χ0n) is 12.8. The molecule has 0 aliphatic rings. The smallest absolute Gasteiger partial charge is 0.189 e. The van der Waals surface area contributed by atoms with Gasteiger partial charge in [-0.25, -0.2) is 4.99 Å². The molecule has 3 N–H and O–H groups in total. The van der Waals surface area contributed by atoms with Gasteiger partial charge in [0.1, 0.15) is 0 Å². The first kappa shape index (κ1) is 17.6. The highest BCUT2D eigenvalue weighted by Gasteiger charge is 2.10. The van der Waals surface area contributed by atoms with Gasteiger partial charge in [-0.3, -0.25) is 0 Å². The fourth-order valence-corrected chi connectivity index (χ4v) is 2.48. The number of aliphatic imine (C=N–C) groups is 1. The summed E-state index contributed by atoms with van der Waals surface area (Å²) in [6.45, 7) is 2.98. The van der Waals surface area contributed by atoms with Gasteiger partial charge >= 0.3 is 0 Å². The third kappa shape index (κ3) is 5.43. The van der Waals surface area contributed by atoms with Crippen molar-refractivity contribution in [2.45, 2.75) is 19.5 Å². The van der Waals surface area contributed by atoms with Crippen LogP contribution in [0.2, 0.25) is 0 Å². The highest BCUT2D eigenvalue weighted by Crippen LogP contribution is 2.36. The van der Waals surface area contributed by atoms with Crippen LogP contribution in [0.5, 0.6) is 11.5 Å². The number of guanidine groups is 1. The van der Waals surface area contributed by atoms with Crippen LogP contribution >= 0.6 is 15.9 Å². The second-order valence-electron chi connectivity index (χ2n) is 4.52. The Bertz CT molecular complexity index is 495. The van der Waals surface area contributed by atoms with E-state index in [1.807, 2.05) is 19.1 Å². The number of rotatable bonds is 7. The minimum Gasteiger partial charge on any atom is -0.493 e. The Labute approximate surface area is 133 Å². The van der Waals surface area contributed by atoms with Gasteiger partial charge in [-0.1, -0.05) is 0 Å². The molecule has 1 aromatic rings. The molecule has 1 unspecified atom stereocenters. The predicted octanol–water partition coefficient (Wildman–Crippen LogP) is 1.91. The SMILES string of the molecule is COCC(C)NC(N)=NCc1cc(Br)c(OC)c(OC)c1. The van der Waals surface area contributed by atoms with Gasteiger partial charge in [0.25, 0.3) is 0 Å². The van der Waals surface area contributed by atoms with E-state index in [1.54, 1.807) is 21.3 Å². The van der Waals surface area contributed by atoms with E-state index in [2.05, 4.69) is 26.2 Å². The molecule has 0 radical (unpaired) electrons. The summed E-state index contributed by atoms with van der Waals surface area (Å²) in [4.78, 5) is 4.30. The number of benzene rings is 1. The fraction of sp³-hybridized carbons (Fsp3) is 0.500. The summed E-state index contributed by atoms with van der Waals surface area (Å²) in [6, 6.07) is 3.91. The molecule has 0 amide bonds. The summed E-state index contributed by atoms with van der Waals surface area (Å²) in [7, 11) is 4.84. The molecular weight excluding hydrogens is 338 g/mol. The van der Waals surface area contributed by atoms with Crippen molar-refractivity contribution in [3.05, 3.63) is 22.2 Å². The van der Waals surface area contributed by atoms with Gasteiger partial charge < -0.3 is 25.3 Å². The number of methoxy groups -OCH3 is 3. The Kier molecular flexibility index (Phi) is 7.31. The summed E-state index contributed by atoms with van der Waals surface area (Å²) >= 11 is 3.45. The molecule has 0 aliphatic heterocycles. The lowest BCUT2D eigenvalue weighted by atomic mass is 10.2. The normalized spacial score (nSPS) is 12.9. The zero-order chi connectivity index (χ0) is 15.8. The van der Waals surface area contributed by atoms with Crippen molar-refractivity contribution in [3.8, 4) is 11.5 Å². The maximum atomic E-state index is 5.83. The average molecular weight is 360 g/mol. The molecule has 6 nitrogen and oxygen atoms in total. The van der Waals surface area contributed by atoms with Crippen molar-refractivity contribution in [3.63, 3.8) is 0 Å². The molecule has 0 fully saturated rings. The average Bonchev–Trinajstić information content (AvgIpc) is 2.44. The standard InChI is InChI=1S/C14H22BrN3O3/c1-9(8-19-2)18-14(16)17-7-10-5-11(15)13(21-4)12(6-10)20-3/h5-6,9H,7-8H2,1-4H3,(H3,16,17,18). The number of ether oxygens (including phenoxy) is 3. The van der Waals surface area contributed by atoms with E-state index in [0.717, 1.165) is 10.0 Å². The van der Waals surface area contributed by atoms with Gasteiger partial charge in [-0.05, 0) is 40.5 Å². The molecule has 0 aromatic heterocycles. The Morgan fingerprint density at radius 3 is 2.62 bits per heavy atom. The lowest BCUT2D eigenvalue weighted by Gasteiger charge is -2.14. The Morgan fingerprint density at radius 2 is 2.05 bits per heavy atom. The molecule has 21 heavy (non-hydrogen) atoms. The number of hydrogen-bond donors (Lipinski definition) is 2. The number of nitrogens with two attached hydrogens (primary N) is 1. The van der Waals surface area contributed by atoms with Crippen LogP contribution in [-0.4, -0.2) is 39.9 Å². The van der Waals surface area contributed by atoms with Crippen molar-refractivity contribution in [1.29, 1.82) is 0 Å². The first-order valence-electron chi connectivity index (χ1n) is 6.47. The first-order valence-corrected chi connectivity index (χ1v) is 7.26. The maximum absolute atomic E-state index is 5.83. The molecule has 0 heterocycles. The lowest BCUT2D eigenvalue weighted by Crippen LogP contribution is -2.40. The number of nitrogens with zero attached hydrogens (tertiary/aromatic N) is 1. The van der Waals surface area contributed by atoms with Crippen molar-refractivity contribution < 1.29 is 14.2 Å². The van der Waals surface area contributed by atoms with Gasteiger partial charge in [-0.2, -0.15) is 0 Å². The molecule has 0 saturated carbocycles. The summed E-state index contributed by atoms with van der Waals surface area (Å²) in [5.74, 6) is 1.69. The Balaban J connectivity index is 2.77. The molecule has 0 bridgehead atoms. The summed E-state index contributed by atoms with van der Waals surface area (Å²) < 4.78 is 16.4. The van der Waals surface area contributed by atoms with Crippen molar-refractivity contribution >= 4 is 21.9 Å². The third-order valence-electron chi connectivity index (χ3n) is 2.74. The third-order valence-corrected chi connectivity index (χ3v) is 3.33. The zero-order valence-corrected chi connectivity index (χ0v) is 14.4. The predicted molar refractivity (Wildman–Crippen MR) is 87.0 cm³/mol. The van der Waals surface area contributed by atoms with Crippen LogP contribution in [-0.2, 0) is 11.3 Å². The van der Waals surface area contributed by atoms with Gasteiger partial charge in [-0.15, -0.1) is 0 Å². The van der Waals surface area contributed by atoms with Crippen LogP contribution in [0, 0.1) is 0 Å².